The Morgan fingerprint density at radius 1 is 1.25 bits per heavy atom. The van der Waals surface area contributed by atoms with Crippen molar-refractivity contribution >= 4 is 28.2 Å². The molecule has 3 rings (SSSR count). The van der Waals surface area contributed by atoms with E-state index < -0.39 is 0 Å². The largest absolute Gasteiger partial charge is 0.381 e. The zero-order chi connectivity index (χ0) is 14.1. The van der Waals surface area contributed by atoms with Gasteiger partial charge in [-0.25, -0.2) is 0 Å². The molecule has 0 saturated heterocycles. The summed E-state index contributed by atoms with van der Waals surface area (Å²) >= 11 is 6.47. The zero-order valence-electron chi connectivity index (χ0n) is 12.1. The van der Waals surface area contributed by atoms with Gasteiger partial charge in [0.1, 0.15) is 0 Å². The summed E-state index contributed by atoms with van der Waals surface area (Å²) in [5, 5.41) is 5.61. The van der Waals surface area contributed by atoms with Crippen molar-refractivity contribution in [3.05, 3.63) is 35.0 Å². The average molecular weight is 289 g/mol. The molecule has 1 aliphatic carbocycles. The minimum atomic E-state index is 0.537. The summed E-state index contributed by atoms with van der Waals surface area (Å²) in [5.74, 6) is 0.861. The van der Waals surface area contributed by atoms with E-state index in [2.05, 4.69) is 30.2 Å². The molecular weight excluding hydrogens is 268 g/mol. The molecule has 0 aliphatic heterocycles. The zero-order valence-corrected chi connectivity index (χ0v) is 12.9. The molecule has 20 heavy (non-hydrogen) atoms. The highest BCUT2D eigenvalue weighted by atomic mass is 35.5. The lowest BCUT2D eigenvalue weighted by Crippen LogP contribution is -2.25. The Hall–Kier alpha value is -1.28. The van der Waals surface area contributed by atoms with Crippen LogP contribution in [0.25, 0.3) is 10.9 Å². The molecule has 0 unspecified atom stereocenters. The van der Waals surface area contributed by atoms with E-state index in [4.69, 9.17) is 11.6 Å². The molecule has 1 aromatic heterocycles. The highest BCUT2D eigenvalue weighted by molar-refractivity contribution is 6.35. The molecule has 1 aromatic carbocycles. The third-order valence-corrected chi connectivity index (χ3v) is 4.70. The number of benzene rings is 1. The number of hydrogen-bond donors (Lipinski definition) is 1. The van der Waals surface area contributed by atoms with Crippen LogP contribution in [0.3, 0.4) is 0 Å². The molecule has 0 bridgehead atoms. The van der Waals surface area contributed by atoms with Gasteiger partial charge in [0.2, 0.25) is 0 Å². The van der Waals surface area contributed by atoms with Crippen LogP contribution in [-0.4, -0.2) is 11.0 Å². The van der Waals surface area contributed by atoms with Gasteiger partial charge in [-0.05, 0) is 62.3 Å². The van der Waals surface area contributed by atoms with Crippen molar-refractivity contribution in [2.45, 2.75) is 45.6 Å². The summed E-state index contributed by atoms with van der Waals surface area (Å²) < 4.78 is 0. The van der Waals surface area contributed by atoms with Crippen LogP contribution in [0.15, 0.2) is 24.4 Å². The highest BCUT2D eigenvalue weighted by Gasteiger charge is 2.20. The van der Waals surface area contributed by atoms with Gasteiger partial charge in [0.05, 0.1) is 16.2 Å². The lowest BCUT2D eigenvalue weighted by Gasteiger charge is -2.28. The number of hydrogen-bond acceptors (Lipinski definition) is 2. The lowest BCUT2D eigenvalue weighted by molar-refractivity contribution is 0.361. The van der Waals surface area contributed by atoms with Crippen molar-refractivity contribution in [3.63, 3.8) is 0 Å². The summed E-state index contributed by atoms with van der Waals surface area (Å²) in [4.78, 5) is 4.49. The minimum absolute atomic E-state index is 0.537. The molecule has 1 heterocycles. The van der Waals surface area contributed by atoms with Crippen molar-refractivity contribution in [2.24, 2.45) is 5.92 Å². The highest BCUT2D eigenvalue weighted by Crippen LogP contribution is 2.35. The van der Waals surface area contributed by atoms with Gasteiger partial charge in [-0.15, -0.1) is 0 Å². The van der Waals surface area contributed by atoms with E-state index in [1.807, 2.05) is 18.3 Å². The van der Waals surface area contributed by atoms with E-state index >= 15 is 0 Å². The third-order valence-electron chi connectivity index (χ3n) is 4.40. The van der Waals surface area contributed by atoms with E-state index in [-0.39, 0.29) is 0 Å². The van der Waals surface area contributed by atoms with Crippen LogP contribution in [-0.2, 0) is 0 Å². The van der Waals surface area contributed by atoms with E-state index in [0.29, 0.717) is 6.04 Å². The fraction of sp³-hybridized carbons (Fsp3) is 0.471. The first kappa shape index (κ1) is 13.7. The molecule has 1 saturated carbocycles. The van der Waals surface area contributed by atoms with Crippen LogP contribution in [0.2, 0.25) is 5.02 Å². The molecule has 2 aromatic rings. The third kappa shape index (κ3) is 2.62. The lowest BCUT2D eigenvalue weighted by atomic mass is 9.87. The molecule has 106 valence electrons. The fourth-order valence-corrected chi connectivity index (χ4v) is 3.46. The Labute approximate surface area is 125 Å². The number of aromatic nitrogens is 1. The SMILES string of the molecule is Cc1cc(Cl)c(NC2CCC(C)CC2)c2cccnc12. The number of rotatable bonds is 2. The summed E-state index contributed by atoms with van der Waals surface area (Å²) in [6, 6.07) is 6.64. The van der Waals surface area contributed by atoms with E-state index in [1.54, 1.807) is 0 Å². The molecule has 0 spiro atoms. The first-order valence-electron chi connectivity index (χ1n) is 7.45. The van der Waals surface area contributed by atoms with E-state index in [0.717, 1.165) is 33.1 Å². The summed E-state index contributed by atoms with van der Waals surface area (Å²) in [5.41, 5.74) is 3.23. The van der Waals surface area contributed by atoms with Crippen LogP contribution in [0.1, 0.15) is 38.2 Å². The maximum absolute atomic E-state index is 6.47. The Balaban J connectivity index is 1.95. The van der Waals surface area contributed by atoms with Crippen LogP contribution in [0.4, 0.5) is 5.69 Å². The van der Waals surface area contributed by atoms with Crippen molar-refractivity contribution in [1.29, 1.82) is 0 Å². The van der Waals surface area contributed by atoms with Gasteiger partial charge in [-0.2, -0.15) is 0 Å². The molecule has 0 atom stereocenters. The number of nitrogens with zero attached hydrogens (tertiary/aromatic N) is 1. The fourth-order valence-electron chi connectivity index (χ4n) is 3.14. The first-order chi connectivity index (χ1) is 9.65. The first-order valence-corrected chi connectivity index (χ1v) is 7.83. The van der Waals surface area contributed by atoms with Gasteiger partial charge < -0.3 is 5.32 Å². The van der Waals surface area contributed by atoms with Crippen molar-refractivity contribution in [2.75, 3.05) is 5.32 Å². The number of aryl methyl sites for hydroxylation is 1. The van der Waals surface area contributed by atoms with Gasteiger partial charge >= 0.3 is 0 Å². The molecule has 1 aliphatic rings. The topological polar surface area (TPSA) is 24.9 Å². The maximum atomic E-state index is 6.47. The average Bonchev–Trinajstić information content (AvgIpc) is 2.45. The van der Waals surface area contributed by atoms with E-state index in [9.17, 15) is 0 Å². The van der Waals surface area contributed by atoms with E-state index in [1.165, 1.54) is 25.7 Å². The monoisotopic (exact) mass is 288 g/mol. The minimum Gasteiger partial charge on any atom is -0.381 e. The molecule has 1 fully saturated rings. The second kappa shape index (κ2) is 5.61. The number of fused-ring (bicyclic) bond motifs is 1. The van der Waals surface area contributed by atoms with Crippen LogP contribution < -0.4 is 5.32 Å². The molecule has 1 N–H and O–H groups in total. The van der Waals surface area contributed by atoms with Crippen LogP contribution in [0, 0.1) is 12.8 Å². The summed E-state index contributed by atoms with van der Waals surface area (Å²) in [6.45, 7) is 4.40. The van der Waals surface area contributed by atoms with Crippen LogP contribution in [0.5, 0.6) is 0 Å². The number of pyridine rings is 1. The van der Waals surface area contributed by atoms with Crippen molar-refractivity contribution in [3.8, 4) is 0 Å². The Kier molecular flexibility index (Phi) is 3.84. The molecule has 2 nitrogen and oxygen atoms in total. The predicted molar refractivity (Wildman–Crippen MR) is 86.5 cm³/mol. The maximum Gasteiger partial charge on any atom is 0.0752 e. The summed E-state index contributed by atoms with van der Waals surface area (Å²) in [7, 11) is 0. The number of halogens is 1. The van der Waals surface area contributed by atoms with Gasteiger partial charge in [0, 0.05) is 17.6 Å². The second-order valence-corrected chi connectivity index (χ2v) is 6.46. The summed E-state index contributed by atoms with van der Waals surface area (Å²) in [6.07, 6.45) is 6.91. The molecular formula is C17H21ClN2. The quantitative estimate of drug-likeness (QED) is 0.823. The van der Waals surface area contributed by atoms with Gasteiger partial charge in [0.15, 0.2) is 0 Å². The molecule has 3 heteroatoms. The Morgan fingerprint density at radius 3 is 2.75 bits per heavy atom. The van der Waals surface area contributed by atoms with Gasteiger partial charge in [-0.3, -0.25) is 4.98 Å². The number of anilines is 1. The van der Waals surface area contributed by atoms with Crippen molar-refractivity contribution < 1.29 is 0 Å². The number of nitrogens with one attached hydrogen (secondary N) is 1. The molecule has 0 amide bonds. The smallest absolute Gasteiger partial charge is 0.0752 e. The standard InChI is InChI=1S/C17H21ClN2/c1-11-5-7-13(8-6-11)20-17-14-4-3-9-19-16(14)12(2)10-15(17)18/h3-4,9-11,13,20H,5-8H2,1-2H3. The van der Waals surface area contributed by atoms with Gasteiger partial charge in [-0.1, -0.05) is 18.5 Å². The molecule has 0 radical (unpaired) electrons. The Bertz CT molecular complexity index is 616. The predicted octanol–water partition coefficient (Wildman–Crippen LogP) is 5.19. The second-order valence-electron chi connectivity index (χ2n) is 6.05. The van der Waals surface area contributed by atoms with Crippen LogP contribution >= 0.6 is 11.6 Å². The van der Waals surface area contributed by atoms with Crippen molar-refractivity contribution in [1.82, 2.24) is 4.98 Å². The Morgan fingerprint density at radius 2 is 2.00 bits per heavy atom. The normalized spacial score (nSPS) is 22.9. The van der Waals surface area contributed by atoms with Gasteiger partial charge in [0.25, 0.3) is 0 Å².